The lowest BCUT2D eigenvalue weighted by Crippen LogP contribution is -2.26. The molecule has 1 aromatic carbocycles. The fourth-order valence-corrected chi connectivity index (χ4v) is 3.71. The number of fused-ring (bicyclic) bond motifs is 1. The summed E-state index contributed by atoms with van der Waals surface area (Å²) in [4.78, 5) is 20.5. The van der Waals surface area contributed by atoms with Crippen LogP contribution >= 0.6 is 0 Å². The number of carbonyl (C=O) groups excluding carboxylic acids is 1. The first-order chi connectivity index (χ1) is 17.5. The molecule has 0 saturated carbocycles. The number of nitrogens with one attached hydrogen (secondary N) is 1. The molecule has 3 heterocycles. The van der Waals surface area contributed by atoms with Crippen molar-refractivity contribution in [1.82, 2.24) is 24.9 Å². The maximum absolute atomic E-state index is 13.6. The highest BCUT2D eigenvalue weighted by molar-refractivity contribution is 5.97. The third kappa shape index (κ3) is 5.14. The molecule has 0 spiro atoms. The molecule has 0 radical (unpaired) electrons. The molecular weight excluding hydrogens is 503 g/mol. The lowest BCUT2D eigenvalue weighted by atomic mass is 10.1. The second-order valence-corrected chi connectivity index (χ2v) is 7.86. The van der Waals surface area contributed by atoms with E-state index >= 15 is 0 Å². The number of carbonyl (C=O) groups is 1. The van der Waals surface area contributed by atoms with Crippen molar-refractivity contribution in [2.24, 2.45) is 0 Å². The van der Waals surface area contributed by atoms with Crippen LogP contribution in [0.2, 0.25) is 0 Å². The molecule has 0 saturated heterocycles. The van der Waals surface area contributed by atoms with Crippen molar-refractivity contribution in [2.45, 2.75) is 18.7 Å². The van der Waals surface area contributed by atoms with E-state index in [0.29, 0.717) is 0 Å². The van der Waals surface area contributed by atoms with E-state index in [1.54, 1.807) is 0 Å². The predicted octanol–water partition coefficient (Wildman–Crippen LogP) is 3.53. The number of anilines is 1. The SMILES string of the molecule is COc1ncc(-c2cc(C(F)(F)F)c3c(N)ncnn23)cc1C(=O)NCCC(O)c1ccc(F)c(F)c1. The lowest BCUT2D eigenvalue weighted by Gasteiger charge is -2.13. The minimum atomic E-state index is -4.75. The van der Waals surface area contributed by atoms with Crippen molar-refractivity contribution in [3.05, 3.63) is 71.2 Å². The maximum atomic E-state index is 13.6. The number of halogens is 5. The van der Waals surface area contributed by atoms with Crippen molar-refractivity contribution < 1.29 is 36.6 Å². The summed E-state index contributed by atoms with van der Waals surface area (Å²) in [7, 11) is 1.26. The second kappa shape index (κ2) is 9.97. The van der Waals surface area contributed by atoms with Gasteiger partial charge < -0.3 is 20.9 Å². The largest absolute Gasteiger partial charge is 0.480 e. The Morgan fingerprint density at radius 2 is 1.95 bits per heavy atom. The molecule has 1 atom stereocenters. The minimum absolute atomic E-state index is 0.0409. The van der Waals surface area contributed by atoms with E-state index in [2.05, 4.69) is 20.4 Å². The van der Waals surface area contributed by atoms with Gasteiger partial charge >= 0.3 is 6.18 Å². The number of alkyl halides is 3. The number of benzene rings is 1. The van der Waals surface area contributed by atoms with Crippen LogP contribution in [0.5, 0.6) is 5.88 Å². The average Bonchev–Trinajstić information content (AvgIpc) is 3.27. The maximum Gasteiger partial charge on any atom is 0.418 e. The van der Waals surface area contributed by atoms with Gasteiger partial charge in [-0.3, -0.25) is 4.79 Å². The van der Waals surface area contributed by atoms with Crippen molar-refractivity contribution in [3.8, 4) is 17.1 Å². The quantitative estimate of drug-likeness (QED) is 0.317. The Hall–Kier alpha value is -4.33. The number of methoxy groups -OCH3 is 1. The summed E-state index contributed by atoms with van der Waals surface area (Å²) in [5, 5.41) is 16.6. The topological polar surface area (TPSA) is 128 Å². The van der Waals surface area contributed by atoms with Crippen molar-refractivity contribution in [3.63, 3.8) is 0 Å². The number of pyridine rings is 1. The van der Waals surface area contributed by atoms with Crippen LogP contribution in [-0.4, -0.2) is 44.3 Å². The van der Waals surface area contributed by atoms with Gasteiger partial charge in [-0.25, -0.2) is 23.3 Å². The van der Waals surface area contributed by atoms with Gasteiger partial charge in [0.05, 0.1) is 24.5 Å². The monoisotopic (exact) mass is 522 g/mol. The van der Waals surface area contributed by atoms with E-state index < -0.39 is 40.9 Å². The zero-order valence-electron chi connectivity index (χ0n) is 19.1. The highest BCUT2D eigenvalue weighted by atomic mass is 19.4. The Labute approximate surface area is 205 Å². The van der Waals surface area contributed by atoms with Crippen molar-refractivity contribution >= 4 is 17.2 Å². The normalized spacial score (nSPS) is 12.5. The van der Waals surface area contributed by atoms with Gasteiger partial charge in [-0.05, 0) is 36.2 Å². The standard InChI is InChI=1S/C23H19F5N6O3/c1-37-22-13(21(36)30-5-4-18(35)11-2-3-15(24)16(25)7-11)6-12(9-31-22)17-8-14(23(26,27)28)19-20(29)32-10-33-34(17)19/h2-3,6-10,18,35H,4-5H2,1H3,(H,30,36)(H2,29,32,33). The number of hydrogen-bond donors (Lipinski definition) is 3. The van der Waals surface area contributed by atoms with E-state index in [4.69, 9.17) is 10.5 Å². The summed E-state index contributed by atoms with van der Waals surface area (Å²) in [5.74, 6) is -3.36. The first-order valence-corrected chi connectivity index (χ1v) is 10.7. The van der Waals surface area contributed by atoms with E-state index in [9.17, 15) is 31.9 Å². The first kappa shape index (κ1) is 25.8. The fourth-order valence-electron chi connectivity index (χ4n) is 3.71. The molecule has 9 nitrogen and oxygen atoms in total. The summed E-state index contributed by atoms with van der Waals surface area (Å²) in [6.07, 6.45) is -3.78. The highest BCUT2D eigenvalue weighted by Crippen LogP contribution is 2.39. The second-order valence-electron chi connectivity index (χ2n) is 7.86. The Bertz CT molecular complexity index is 1470. The summed E-state index contributed by atoms with van der Waals surface area (Å²) >= 11 is 0. The average molecular weight is 522 g/mol. The van der Waals surface area contributed by atoms with Crippen LogP contribution in [0.4, 0.5) is 27.8 Å². The van der Waals surface area contributed by atoms with Crippen LogP contribution in [0.25, 0.3) is 16.8 Å². The number of aliphatic hydroxyl groups is 1. The number of aliphatic hydroxyl groups excluding tert-OH is 1. The van der Waals surface area contributed by atoms with E-state index in [-0.39, 0.29) is 47.0 Å². The van der Waals surface area contributed by atoms with Gasteiger partial charge in [0.15, 0.2) is 17.5 Å². The number of amides is 1. The molecule has 194 valence electrons. The van der Waals surface area contributed by atoms with Crippen molar-refractivity contribution in [1.29, 1.82) is 0 Å². The molecular formula is C23H19F5N6O3. The molecule has 1 unspecified atom stereocenters. The number of nitrogens with two attached hydrogens (primary N) is 1. The summed E-state index contributed by atoms with van der Waals surface area (Å²) in [6.45, 7) is -0.0809. The van der Waals surface area contributed by atoms with Gasteiger partial charge in [-0.1, -0.05) is 6.07 Å². The molecule has 0 aliphatic carbocycles. The van der Waals surface area contributed by atoms with E-state index in [1.165, 1.54) is 25.4 Å². The number of hydrogen-bond acceptors (Lipinski definition) is 7. The van der Waals surface area contributed by atoms with Gasteiger partial charge in [0.2, 0.25) is 5.88 Å². The van der Waals surface area contributed by atoms with Crippen LogP contribution in [0.15, 0.2) is 42.9 Å². The summed E-state index contributed by atoms with van der Waals surface area (Å²) in [5.41, 5.74) is 4.25. The van der Waals surface area contributed by atoms with Gasteiger partial charge in [0.25, 0.3) is 5.91 Å². The Morgan fingerprint density at radius 1 is 1.19 bits per heavy atom. The molecule has 14 heteroatoms. The smallest absolute Gasteiger partial charge is 0.418 e. The van der Waals surface area contributed by atoms with Gasteiger partial charge in [-0.2, -0.15) is 18.3 Å². The van der Waals surface area contributed by atoms with E-state index in [1.807, 2.05) is 0 Å². The summed E-state index contributed by atoms with van der Waals surface area (Å²) < 4.78 is 73.5. The van der Waals surface area contributed by atoms with Gasteiger partial charge in [-0.15, -0.1) is 0 Å². The number of aromatic nitrogens is 4. The molecule has 3 aromatic heterocycles. The summed E-state index contributed by atoms with van der Waals surface area (Å²) in [6, 6.07) is 5.04. The van der Waals surface area contributed by atoms with Gasteiger partial charge in [0, 0.05) is 18.3 Å². The lowest BCUT2D eigenvalue weighted by molar-refractivity contribution is -0.136. The number of ether oxygens (including phenoxy) is 1. The van der Waals surface area contributed by atoms with Crippen LogP contribution in [0.1, 0.15) is 34.0 Å². The highest BCUT2D eigenvalue weighted by Gasteiger charge is 2.36. The van der Waals surface area contributed by atoms with Crippen molar-refractivity contribution in [2.75, 3.05) is 19.4 Å². The Kier molecular flexibility index (Phi) is 6.94. The Morgan fingerprint density at radius 3 is 2.62 bits per heavy atom. The zero-order chi connectivity index (χ0) is 26.9. The molecule has 4 rings (SSSR count). The predicted molar refractivity (Wildman–Crippen MR) is 120 cm³/mol. The molecule has 1 amide bonds. The van der Waals surface area contributed by atoms with Crippen LogP contribution in [0.3, 0.4) is 0 Å². The zero-order valence-corrected chi connectivity index (χ0v) is 19.1. The number of rotatable bonds is 7. The first-order valence-electron chi connectivity index (χ1n) is 10.7. The van der Waals surface area contributed by atoms with Crippen LogP contribution < -0.4 is 15.8 Å². The molecule has 0 fully saturated rings. The number of nitrogen functional groups attached to an aromatic ring is 1. The molecule has 0 aliphatic heterocycles. The third-order valence-electron chi connectivity index (χ3n) is 5.50. The molecule has 0 aliphatic rings. The number of nitrogens with zero attached hydrogens (tertiary/aromatic N) is 4. The fraction of sp³-hybridized carbons (Fsp3) is 0.217. The Balaban J connectivity index is 1.60. The molecule has 37 heavy (non-hydrogen) atoms. The van der Waals surface area contributed by atoms with Crippen LogP contribution in [-0.2, 0) is 6.18 Å². The van der Waals surface area contributed by atoms with Gasteiger partial charge in [0.1, 0.15) is 17.4 Å². The third-order valence-corrected chi connectivity index (χ3v) is 5.50. The minimum Gasteiger partial charge on any atom is -0.480 e. The molecule has 4 N–H and O–H groups in total. The molecule has 4 aromatic rings. The van der Waals surface area contributed by atoms with E-state index in [0.717, 1.165) is 29.0 Å². The van der Waals surface area contributed by atoms with Crippen LogP contribution in [0, 0.1) is 11.6 Å². The molecule has 0 bridgehead atoms.